The molecule has 3 aromatic rings. The highest BCUT2D eigenvalue weighted by Gasteiger charge is 2.10. The average Bonchev–Trinajstić information content (AvgIpc) is 2.75. The van der Waals surface area contributed by atoms with Crippen molar-refractivity contribution in [1.29, 1.82) is 0 Å². The Hall–Kier alpha value is -3.30. The van der Waals surface area contributed by atoms with Gasteiger partial charge in [0, 0.05) is 24.6 Å². The molecule has 0 aliphatic heterocycles. The summed E-state index contributed by atoms with van der Waals surface area (Å²) in [5, 5.41) is 5.73. The summed E-state index contributed by atoms with van der Waals surface area (Å²) in [4.78, 5) is 8.01. The summed E-state index contributed by atoms with van der Waals surface area (Å²) in [5.74, 6) is -0.932. The number of methoxy groups -OCH3 is 1. The largest absolute Gasteiger partial charge is 0.488 e. The highest BCUT2D eigenvalue weighted by Crippen LogP contribution is 2.24. The number of nitrogens with zero attached hydrogens (tertiary/aromatic N) is 2. The van der Waals surface area contributed by atoms with Crippen LogP contribution in [0.25, 0.3) is 0 Å². The number of halogens is 2. The highest BCUT2D eigenvalue weighted by atomic mass is 19.1. The van der Waals surface area contributed by atoms with Crippen molar-refractivity contribution in [3.63, 3.8) is 0 Å². The van der Waals surface area contributed by atoms with Crippen LogP contribution in [-0.4, -0.2) is 43.5 Å². The molecule has 30 heavy (non-hydrogen) atoms. The van der Waals surface area contributed by atoms with Crippen LogP contribution in [0.1, 0.15) is 0 Å². The van der Waals surface area contributed by atoms with Gasteiger partial charge < -0.3 is 24.8 Å². The third-order valence-corrected chi connectivity index (χ3v) is 3.89. The van der Waals surface area contributed by atoms with E-state index in [2.05, 4.69) is 20.6 Å². The Morgan fingerprint density at radius 1 is 0.867 bits per heavy atom. The Bertz CT molecular complexity index is 945. The van der Waals surface area contributed by atoms with E-state index in [1.807, 2.05) is 18.2 Å². The number of hydrogen-bond acceptors (Lipinski definition) is 7. The highest BCUT2D eigenvalue weighted by molar-refractivity contribution is 5.60. The first-order valence-electron chi connectivity index (χ1n) is 9.26. The molecule has 2 aromatic carbocycles. The summed E-state index contributed by atoms with van der Waals surface area (Å²) in [6.45, 7) is 1.47. The number of hydrogen-bond donors (Lipinski definition) is 2. The Morgan fingerprint density at radius 2 is 1.67 bits per heavy atom. The van der Waals surface area contributed by atoms with E-state index in [0.717, 1.165) is 6.20 Å². The number of nitrogens with one attached hydrogen (secondary N) is 2. The second kappa shape index (κ2) is 11.0. The maximum Gasteiger partial charge on any atom is 0.229 e. The lowest BCUT2D eigenvalue weighted by Gasteiger charge is -2.11. The summed E-state index contributed by atoms with van der Waals surface area (Å²) >= 11 is 0. The summed E-state index contributed by atoms with van der Waals surface area (Å²) in [6, 6.07) is 13.4. The van der Waals surface area contributed by atoms with Gasteiger partial charge in [-0.05, 0) is 24.3 Å². The zero-order chi connectivity index (χ0) is 21.2. The third-order valence-electron chi connectivity index (χ3n) is 3.89. The molecule has 3 rings (SSSR count). The van der Waals surface area contributed by atoms with Gasteiger partial charge in [-0.15, -0.1) is 0 Å². The summed E-state index contributed by atoms with van der Waals surface area (Å²) in [6.07, 6.45) is 1.04. The van der Waals surface area contributed by atoms with E-state index >= 15 is 0 Å². The molecule has 0 radical (unpaired) electrons. The molecule has 0 saturated carbocycles. The number of rotatable bonds is 11. The van der Waals surface area contributed by atoms with Gasteiger partial charge in [0.25, 0.3) is 0 Å². The molecule has 0 amide bonds. The molecule has 0 saturated heterocycles. The molecule has 1 aromatic heterocycles. The van der Waals surface area contributed by atoms with Crippen LogP contribution >= 0.6 is 0 Å². The zero-order valence-electron chi connectivity index (χ0n) is 16.4. The quantitative estimate of drug-likeness (QED) is 0.452. The van der Waals surface area contributed by atoms with Crippen LogP contribution in [0.15, 0.2) is 54.7 Å². The molecule has 0 aliphatic carbocycles. The van der Waals surface area contributed by atoms with Gasteiger partial charge in [0.15, 0.2) is 23.2 Å². The van der Waals surface area contributed by atoms with Gasteiger partial charge in [-0.25, -0.2) is 13.8 Å². The zero-order valence-corrected chi connectivity index (χ0v) is 16.4. The average molecular weight is 416 g/mol. The smallest absolute Gasteiger partial charge is 0.229 e. The fourth-order valence-electron chi connectivity index (χ4n) is 2.45. The maximum absolute atomic E-state index is 14.3. The van der Waals surface area contributed by atoms with Gasteiger partial charge in [0.1, 0.15) is 6.61 Å². The van der Waals surface area contributed by atoms with Crippen molar-refractivity contribution in [3.05, 3.63) is 66.4 Å². The molecule has 0 spiro atoms. The number of aromatic nitrogens is 2. The van der Waals surface area contributed by atoms with Crippen molar-refractivity contribution in [2.24, 2.45) is 0 Å². The predicted octanol–water partition coefficient (Wildman–Crippen LogP) is 4.28. The Morgan fingerprint density at radius 3 is 2.43 bits per heavy atom. The third kappa shape index (κ3) is 6.36. The molecular weight excluding hydrogens is 394 g/mol. The number of benzene rings is 2. The molecular formula is C21H22F2N4O3. The lowest BCUT2D eigenvalue weighted by Crippen LogP contribution is -2.10. The van der Waals surface area contributed by atoms with Crippen molar-refractivity contribution < 1.29 is 23.0 Å². The van der Waals surface area contributed by atoms with Crippen LogP contribution in [0, 0.1) is 11.6 Å². The monoisotopic (exact) mass is 416 g/mol. The molecule has 0 atom stereocenters. The first-order chi connectivity index (χ1) is 14.7. The standard InChI is InChI=1S/C21H22F2N4O3/c1-28-9-10-29-11-12-30-19-8-7-16(13-17(19)22)26-21-24-14-18(23)20(27-21)25-15-5-3-2-4-6-15/h2-8,13-14H,9-12H2,1H3,(H2,24,25,26,27). The van der Waals surface area contributed by atoms with Crippen molar-refractivity contribution in [2.75, 3.05) is 44.2 Å². The fraction of sp³-hybridized carbons (Fsp3) is 0.238. The van der Waals surface area contributed by atoms with Gasteiger partial charge in [0.05, 0.1) is 26.0 Å². The van der Waals surface area contributed by atoms with Crippen LogP contribution in [0.4, 0.5) is 31.9 Å². The van der Waals surface area contributed by atoms with Gasteiger partial charge in [-0.3, -0.25) is 0 Å². The minimum atomic E-state index is -0.605. The summed E-state index contributed by atoms with van der Waals surface area (Å²) in [5.41, 5.74) is 1.08. The second-order valence-electron chi connectivity index (χ2n) is 6.11. The van der Waals surface area contributed by atoms with Crippen LogP contribution in [0.3, 0.4) is 0 Å². The Balaban J connectivity index is 1.59. The van der Waals surface area contributed by atoms with Crippen molar-refractivity contribution >= 4 is 23.1 Å². The number of para-hydroxylation sites is 1. The summed E-state index contributed by atoms with van der Waals surface area (Å²) < 4.78 is 43.8. The van der Waals surface area contributed by atoms with Crippen molar-refractivity contribution in [1.82, 2.24) is 9.97 Å². The Kier molecular flexibility index (Phi) is 7.87. The van der Waals surface area contributed by atoms with Crippen molar-refractivity contribution in [2.45, 2.75) is 0 Å². The first-order valence-corrected chi connectivity index (χ1v) is 9.26. The topological polar surface area (TPSA) is 77.5 Å². The van der Waals surface area contributed by atoms with Gasteiger partial charge in [0.2, 0.25) is 5.95 Å². The van der Waals surface area contributed by atoms with Crippen molar-refractivity contribution in [3.8, 4) is 5.75 Å². The molecule has 0 fully saturated rings. The van der Waals surface area contributed by atoms with E-state index < -0.39 is 11.6 Å². The minimum absolute atomic E-state index is 0.00704. The Labute approximate surface area is 173 Å². The molecule has 2 N–H and O–H groups in total. The van der Waals surface area contributed by atoms with Crippen LogP contribution < -0.4 is 15.4 Å². The SMILES string of the molecule is COCCOCCOc1ccc(Nc2ncc(F)c(Nc3ccccc3)n2)cc1F. The molecule has 9 heteroatoms. The van der Waals surface area contributed by atoms with E-state index in [9.17, 15) is 8.78 Å². The van der Waals surface area contributed by atoms with Crippen LogP contribution in [0.2, 0.25) is 0 Å². The summed E-state index contributed by atoms with van der Waals surface area (Å²) in [7, 11) is 1.59. The number of ether oxygens (including phenoxy) is 3. The molecule has 7 nitrogen and oxygen atoms in total. The molecule has 158 valence electrons. The molecule has 0 unspecified atom stereocenters. The molecule has 0 aliphatic rings. The van der Waals surface area contributed by atoms with E-state index in [1.54, 1.807) is 25.3 Å². The van der Waals surface area contributed by atoms with E-state index in [0.29, 0.717) is 31.2 Å². The normalized spacial score (nSPS) is 10.6. The van der Waals surface area contributed by atoms with E-state index in [4.69, 9.17) is 14.2 Å². The first kappa shape index (κ1) is 21.4. The van der Waals surface area contributed by atoms with Crippen LogP contribution in [-0.2, 0) is 9.47 Å². The molecule has 1 heterocycles. The molecule has 0 bridgehead atoms. The van der Waals surface area contributed by atoms with Gasteiger partial charge in [-0.1, -0.05) is 18.2 Å². The van der Waals surface area contributed by atoms with Crippen LogP contribution in [0.5, 0.6) is 5.75 Å². The van der Waals surface area contributed by atoms with E-state index in [-0.39, 0.29) is 24.1 Å². The number of anilines is 4. The second-order valence-corrected chi connectivity index (χ2v) is 6.11. The van der Waals surface area contributed by atoms with Gasteiger partial charge >= 0.3 is 0 Å². The maximum atomic E-state index is 14.3. The predicted molar refractivity (Wildman–Crippen MR) is 110 cm³/mol. The van der Waals surface area contributed by atoms with Gasteiger partial charge in [-0.2, -0.15) is 4.98 Å². The fourth-order valence-corrected chi connectivity index (χ4v) is 2.45. The lowest BCUT2D eigenvalue weighted by atomic mass is 10.3. The minimum Gasteiger partial charge on any atom is -0.488 e. The lowest BCUT2D eigenvalue weighted by molar-refractivity contribution is 0.0538. The van der Waals surface area contributed by atoms with E-state index in [1.165, 1.54) is 12.1 Å².